The lowest BCUT2D eigenvalue weighted by molar-refractivity contribution is -0.245. The Kier molecular flexibility index (Phi) is 13.6. The molecule has 5 N–H and O–H groups in total. The number of aromatic carboxylic acids is 1. The molecule has 50 heavy (non-hydrogen) atoms. The van der Waals surface area contributed by atoms with Gasteiger partial charge in [0.1, 0.15) is 0 Å². The van der Waals surface area contributed by atoms with Crippen LogP contribution in [0.1, 0.15) is 83.5 Å². The molecule has 0 bridgehead atoms. The molecule has 0 unspecified atom stereocenters. The van der Waals surface area contributed by atoms with Crippen molar-refractivity contribution in [1.29, 1.82) is 0 Å². The van der Waals surface area contributed by atoms with Crippen molar-refractivity contribution in [3.05, 3.63) is 125 Å². The lowest BCUT2D eigenvalue weighted by atomic mass is 9.99. The highest BCUT2D eigenvalue weighted by molar-refractivity contribution is 7.99. The van der Waals surface area contributed by atoms with E-state index in [2.05, 4.69) is 17.4 Å². The first-order chi connectivity index (χ1) is 24.3. The van der Waals surface area contributed by atoms with Crippen LogP contribution in [0.25, 0.3) is 11.1 Å². The normalized spacial score (nSPS) is 17.2. The predicted molar refractivity (Wildman–Crippen MR) is 189 cm³/mol. The third-order valence-electron chi connectivity index (χ3n) is 8.49. The Morgan fingerprint density at radius 1 is 0.760 bits per heavy atom. The molecule has 5 rings (SSSR count). The average molecular weight is 699 g/mol. The number of hydroxylamine groups is 1. The minimum atomic E-state index is -0.958. The van der Waals surface area contributed by atoms with E-state index in [9.17, 15) is 24.6 Å². The van der Waals surface area contributed by atoms with Crippen LogP contribution in [0.5, 0.6) is 0 Å². The number of carbonyl (C=O) groups excluding carboxylic acids is 2. The van der Waals surface area contributed by atoms with Crippen LogP contribution in [0, 0.1) is 0 Å². The zero-order valence-corrected chi connectivity index (χ0v) is 28.4. The molecule has 0 radical (unpaired) electrons. The van der Waals surface area contributed by atoms with Crippen molar-refractivity contribution in [3.63, 3.8) is 0 Å². The number of nitrogens with one attached hydrogen (secondary N) is 2. The van der Waals surface area contributed by atoms with E-state index in [4.69, 9.17) is 14.7 Å². The fourth-order valence-corrected chi connectivity index (χ4v) is 6.65. The van der Waals surface area contributed by atoms with Gasteiger partial charge in [0.05, 0.1) is 24.4 Å². The van der Waals surface area contributed by atoms with Gasteiger partial charge in [-0.1, -0.05) is 67.1 Å². The second-order valence-electron chi connectivity index (χ2n) is 12.2. The molecule has 1 aliphatic rings. The molecule has 4 aromatic rings. The Bertz CT molecular complexity index is 1730. The van der Waals surface area contributed by atoms with Gasteiger partial charge >= 0.3 is 5.97 Å². The van der Waals surface area contributed by atoms with Gasteiger partial charge in [0.15, 0.2) is 6.29 Å². The molecule has 1 heterocycles. The van der Waals surface area contributed by atoms with Crippen molar-refractivity contribution in [2.24, 2.45) is 0 Å². The second-order valence-corrected chi connectivity index (χ2v) is 13.3. The number of thioether (sulfide) groups is 1. The molecule has 11 heteroatoms. The Morgan fingerprint density at radius 2 is 1.46 bits per heavy atom. The number of carboxylic acids is 1. The van der Waals surface area contributed by atoms with Gasteiger partial charge in [-0.25, -0.2) is 10.3 Å². The second kappa shape index (κ2) is 18.5. The number of benzene rings is 4. The largest absolute Gasteiger partial charge is 0.478 e. The molecule has 2 amide bonds. The molecule has 10 nitrogen and oxygen atoms in total. The van der Waals surface area contributed by atoms with Gasteiger partial charge in [0.25, 0.3) is 0 Å². The molecule has 0 saturated carbocycles. The van der Waals surface area contributed by atoms with E-state index in [1.807, 2.05) is 72.8 Å². The van der Waals surface area contributed by atoms with E-state index < -0.39 is 18.2 Å². The van der Waals surface area contributed by atoms with Crippen LogP contribution < -0.4 is 10.8 Å². The van der Waals surface area contributed by atoms with Crippen LogP contribution in [-0.2, 0) is 32.2 Å². The fourth-order valence-electron chi connectivity index (χ4n) is 5.72. The first-order valence-electron chi connectivity index (χ1n) is 16.7. The summed E-state index contributed by atoms with van der Waals surface area (Å²) in [5, 5.41) is 30.3. The maximum Gasteiger partial charge on any atom is 0.335 e. The molecule has 262 valence electrons. The zero-order valence-electron chi connectivity index (χ0n) is 27.6. The number of rotatable bonds is 16. The molecule has 1 saturated heterocycles. The Morgan fingerprint density at radius 3 is 2.16 bits per heavy atom. The summed E-state index contributed by atoms with van der Waals surface area (Å²) in [6.45, 7) is 0.357. The van der Waals surface area contributed by atoms with Crippen molar-refractivity contribution in [2.75, 3.05) is 5.75 Å². The van der Waals surface area contributed by atoms with Crippen molar-refractivity contribution in [1.82, 2.24) is 10.8 Å². The number of carboxylic acid groups (broad SMARTS) is 1. The van der Waals surface area contributed by atoms with Gasteiger partial charge < -0.3 is 25.0 Å². The summed E-state index contributed by atoms with van der Waals surface area (Å²) in [5.41, 5.74) is 7.49. The topological polar surface area (TPSA) is 154 Å². The minimum Gasteiger partial charge on any atom is -0.478 e. The van der Waals surface area contributed by atoms with E-state index in [1.165, 1.54) is 0 Å². The van der Waals surface area contributed by atoms with Crippen LogP contribution >= 0.6 is 11.8 Å². The SMILES string of the molecule is O=C(CCCCCC(=O)NCc1cccc(-c2cccc([C@@H]3O[C@H](CSc4ccc(C(=O)O)cc4)C[C@H](c4ccc(CO)cc4)O3)c2)c1)NO. The Balaban J connectivity index is 1.25. The van der Waals surface area contributed by atoms with Crippen molar-refractivity contribution in [2.45, 2.75) is 75.1 Å². The molecule has 3 atom stereocenters. The van der Waals surface area contributed by atoms with Crippen molar-refractivity contribution >= 4 is 29.5 Å². The summed E-state index contributed by atoms with van der Waals surface area (Å²) in [5.74, 6) is -0.789. The van der Waals surface area contributed by atoms with Crippen LogP contribution in [0.2, 0.25) is 0 Å². The monoisotopic (exact) mass is 698 g/mol. The lowest BCUT2D eigenvalue weighted by Gasteiger charge is -2.36. The Hall–Kier alpha value is -4.52. The van der Waals surface area contributed by atoms with Crippen LogP contribution in [0.4, 0.5) is 0 Å². The van der Waals surface area contributed by atoms with Gasteiger partial charge in [0, 0.05) is 42.0 Å². The standard InChI is InChI=1S/C39H42N2O8S/c42-24-26-12-14-28(15-13-26)35-22-33(25-50-34-18-16-29(17-19-34)38(45)46)48-39(49-35)32-9-5-8-31(21-32)30-7-4-6-27(20-30)23-40-36(43)10-2-1-3-11-37(44)41-47/h4-9,12-21,33,35,39,42,47H,1-3,10-11,22-25H2,(H,40,43)(H,41,44)(H,45,46)/t33-,35+,39+/m0/s1. The maximum atomic E-state index is 12.4. The number of unbranched alkanes of at least 4 members (excludes halogenated alkanes) is 2. The number of aliphatic hydroxyl groups is 1. The van der Waals surface area contributed by atoms with Crippen LogP contribution in [-0.4, -0.2) is 45.1 Å². The fraction of sp³-hybridized carbons (Fsp3) is 0.308. The van der Waals surface area contributed by atoms with Crippen LogP contribution in [0.15, 0.2) is 102 Å². The summed E-state index contributed by atoms with van der Waals surface area (Å²) >= 11 is 1.60. The van der Waals surface area contributed by atoms with Crippen molar-refractivity contribution < 1.29 is 39.3 Å². The van der Waals surface area contributed by atoms with E-state index >= 15 is 0 Å². The average Bonchev–Trinajstić information content (AvgIpc) is 3.16. The highest BCUT2D eigenvalue weighted by atomic mass is 32.2. The zero-order chi connectivity index (χ0) is 35.3. The Labute approximate surface area is 295 Å². The molecule has 1 fully saturated rings. The maximum absolute atomic E-state index is 12.4. The summed E-state index contributed by atoms with van der Waals surface area (Å²) in [6.07, 6.45) is 2.20. The van der Waals surface area contributed by atoms with E-state index in [0.29, 0.717) is 38.0 Å². The van der Waals surface area contributed by atoms with Gasteiger partial charge in [-0.3, -0.25) is 14.8 Å². The highest BCUT2D eigenvalue weighted by Crippen LogP contribution is 2.40. The van der Waals surface area contributed by atoms with E-state index in [-0.39, 0.29) is 36.7 Å². The van der Waals surface area contributed by atoms with Crippen LogP contribution in [0.3, 0.4) is 0 Å². The molecule has 4 aromatic carbocycles. The number of ether oxygens (including phenoxy) is 2. The quantitative estimate of drug-likeness (QED) is 0.0362. The third-order valence-corrected chi connectivity index (χ3v) is 9.64. The first-order valence-corrected chi connectivity index (χ1v) is 17.7. The molecular formula is C39H42N2O8S. The summed E-state index contributed by atoms with van der Waals surface area (Å²) in [4.78, 5) is 35.7. The van der Waals surface area contributed by atoms with Gasteiger partial charge in [0.2, 0.25) is 11.8 Å². The number of carbonyl (C=O) groups is 3. The number of aliphatic hydroxyl groups excluding tert-OH is 1. The van der Waals surface area contributed by atoms with E-state index in [0.717, 1.165) is 44.7 Å². The minimum absolute atomic E-state index is 0.0348. The molecular weight excluding hydrogens is 657 g/mol. The molecule has 1 aliphatic heterocycles. The third kappa shape index (κ3) is 10.7. The highest BCUT2D eigenvalue weighted by Gasteiger charge is 2.32. The number of hydrogen-bond acceptors (Lipinski definition) is 8. The number of amides is 2. The molecule has 0 aromatic heterocycles. The first kappa shape index (κ1) is 36.8. The van der Waals surface area contributed by atoms with Gasteiger partial charge in [-0.15, -0.1) is 11.8 Å². The number of hydrogen-bond donors (Lipinski definition) is 5. The lowest BCUT2D eigenvalue weighted by Crippen LogP contribution is -2.31. The molecule has 0 aliphatic carbocycles. The summed E-state index contributed by atoms with van der Waals surface area (Å²) < 4.78 is 13.1. The van der Waals surface area contributed by atoms with E-state index in [1.54, 1.807) is 29.4 Å². The predicted octanol–water partition coefficient (Wildman–Crippen LogP) is 6.95. The summed E-state index contributed by atoms with van der Waals surface area (Å²) in [6, 6.07) is 30.6. The van der Waals surface area contributed by atoms with Gasteiger partial charge in [-0.2, -0.15) is 0 Å². The molecule has 0 spiro atoms. The van der Waals surface area contributed by atoms with Gasteiger partial charge in [-0.05, 0) is 77.1 Å². The summed E-state index contributed by atoms with van der Waals surface area (Å²) in [7, 11) is 0. The smallest absolute Gasteiger partial charge is 0.335 e. The van der Waals surface area contributed by atoms with Crippen molar-refractivity contribution in [3.8, 4) is 11.1 Å².